The van der Waals surface area contributed by atoms with Crippen molar-refractivity contribution in [1.82, 2.24) is 10.2 Å². The molecule has 5 nitrogen and oxygen atoms in total. The molecular formula is C12H15F2N3O2. The van der Waals surface area contributed by atoms with Crippen LogP contribution in [0.15, 0.2) is 12.1 Å². The van der Waals surface area contributed by atoms with Gasteiger partial charge in [0.25, 0.3) is 5.91 Å². The normalized spacial score (nSPS) is 10.1. The summed E-state index contributed by atoms with van der Waals surface area (Å²) in [6.07, 6.45) is 0.0943. The molecule has 0 fully saturated rings. The Hall–Kier alpha value is -2.18. The number of rotatable bonds is 4. The molecule has 7 heteroatoms. The van der Waals surface area contributed by atoms with Crippen LogP contribution in [0.4, 0.5) is 14.5 Å². The fourth-order valence-electron chi connectivity index (χ4n) is 1.34. The van der Waals surface area contributed by atoms with Crippen LogP contribution < -0.4 is 11.1 Å². The maximum absolute atomic E-state index is 13.4. The minimum atomic E-state index is -0.997. The van der Waals surface area contributed by atoms with E-state index in [1.165, 1.54) is 4.90 Å². The number of nitrogens with one attached hydrogen (secondary N) is 1. The van der Waals surface area contributed by atoms with Crippen molar-refractivity contribution in [2.75, 3.05) is 26.4 Å². The smallest absolute Gasteiger partial charge is 0.254 e. The van der Waals surface area contributed by atoms with Crippen molar-refractivity contribution < 1.29 is 18.4 Å². The number of hydrogen-bond donors (Lipinski definition) is 2. The van der Waals surface area contributed by atoms with Crippen LogP contribution >= 0.6 is 0 Å². The van der Waals surface area contributed by atoms with Crippen LogP contribution in [0.25, 0.3) is 0 Å². The fraction of sp³-hybridized carbons (Fsp3) is 0.333. The van der Waals surface area contributed by atoms with Gasteiger partial charge in [0, 0.05) is 33.1 Å². The van der Waals surface area contributed by atoms with Gasteiger partial charge in [-0.1, -0.05) is 0 Å². The summed E-state index contributed by atoms with van der Waals surface area (Å²) in [6, 6.07) is 1.48. The number of nitrogens with zero attached hydrogens (tertiary/aromatic N) is 1. The standard InChI is InChI=1S/C12H15F2N3O2/c1-17(2)11(18)3-4-16-12(19)7-5-10(15)9(14)6-8(7)13/h5-6H,3-4,15H2,1-2H3,(H,16,19). The first-order valence-electron chi connectivity index (χ1n) is 5.55. The van der Waals surface area contributed by atoms with Crippen LogP contribution in [0.5, 0.6) is 0 Å². The molecule has 0 unspecified atom stereocenters. The molecule has 0 aliphatic carbocycles. The SMILES string of the molecule is CN(C)C(=O)CCNC(=O)c1cc(N)c(F)cc1F. The van der Waals surface area contributed by atoms with E-state index in [1.54, 1.807) is 14.1 Å². The van der Waals surface area contributed by atoms with Crippen molar-refractivity contribution in [2.45, 2.75) is 6.42 Å². The van der Waals surface area contributed by atoms with Crippen LogP contribution in [0, 0.1) is 11.6 Å². The highest BCUT2D eigenvalue weighted by molar-refractivity contribution is 5.95. The average Bonchev–Trinajstić information content (AvgIpc) is 2.33. The Bertz CT molecular complexity index is 504. The molecule has 1 aromatic rings. The van der Waals surface area contributed by atoms with Crippen molar-refractivity contribution in [2.24, 2.45) is 0 Å². The van der Waals surface area contributed by atoms with Gasteiger partial charge in [-0.3, -0.25) is 9.59 Å². The molecule has 0 bridgehead atoms. The zero-order chi connectivity index (χ0) is 14.6. The summed E-state index contributed by atoms with van der Waals surface area (Å²) >= 11 is 0. The largest absolute Gasteiger partial charge is 0.396 e. The zero-order valence-corrected chi connectivity index (χ0v) is 10.7. The monoisotopic (exact) mass is 271 g/mol. The quantitative estimate of drug-likeness (QED) is 0.794. The van der Waals surface area contributed by atoms with Crippen LogP contribution in [-0.2, 0) is 4.79 Å². The lowest BCUT2D eigenvalue weighted by atomic mass is 10.1. The van der Waals surface area contributed by atoms with Crippen LogP contribution in [0.2, 0.25) is 0 Å². The van der Waals surface area contributed by atoms with E-state index in [2.05, 4.69) is 5.32 Å². The van der Waals surface area contributed by atoms with E-state index < -0.39 is 17.5 Å². The lowest BCUT2D eigenvalue weighted by molar-refractivity contribution is -0.128. The predicted octanol–water partition coefficient (Wildman–Crippen LogP) is 0.755. The van der Waals surface area contributed by atoms with Gasteiger partial charge in [-0.25, -0.2) is 8.78 Å². The number of carbonyl (C=O) groups is 2. The number of nitrogens with two attached hydrogens (primary N) is 1. The zero-order valence-electron chi connectivity index (χ0n) is 10.7. The van der Waals surface area contributed by atoms with Gasteiger partial charge in [-0.15, -0.1) is 0 Å². The van der Waals surface area contributed by atoms with Gasteiger partial charge in [0.1, 0.15) is 11.6 Å². The molecule has 0 aliphatic rings. The summed E-state index contributed by atoms with van der Waals surface area (Å²) in [5.74, 6) is -2.82. The second-order valence-electron chi connectivity index (χ2n) is 4.15. The lowest BCUT2D eigenvalue weighted by Gasteiger charge is -2.11. The third-order valence-corrected chi connectivity index (χ3v) is 2.45. The summed E-state index contributed by atoms with van der Waals surface area (Å²) in [4.78, 5) is 24.3. The third kappa shape index (κ3) is 3.90. The molecule has 0 aliphatic heterocycles. The van der Waals surface area contributed by atoms with E-state index in [4.69, 9.17) is 5.73 Å². The van der Waals surface area contributed by atoms with E-state index in [-0.39, 0.29) is 30.1 Å². The van der Waals surface area contributed by atoms with E-state index in [1.807, 2.05) is 0 Å². The number of amides is 2. The van der Waals surface area contributed by atoms with Gasteiger partial charge in [0.15, 0.2) is 0 Å². The van der Waals surface area contributed by atoms with E-state index in [0.29, 0.717) is 6.07 Å². The second-order valence-corrected chi connectivity index (χ2v) is 4.15. The Morgan fingerprint density at radius 1 is 1.26 bits per heavy atom. The minimum absolute atomic E-state index is 0.0621. The summed E-state index contributed by atoms with van der Waals surface area (Å²) in [6.45, 7) is 0.0621. The van der Waals surface area contributed by atoms with Crippen molar-refractivity contribution in [3.8, 4) is 0 Å². The molecule has 1 aromatic carbocycles. The number of halogens is 2. The number of carbonyl (C=O) groups excluding carboxylic acids is 2. The molecule has 19 heavy (non-hydrogen) atoms. The molecule has 104 valence electrons. The average molecular weight is 271 g/mol. The highest BCUT2D eigenvalue weighted by Crippen LogP contribution is 2.16. The van der Waals surface area contributed by atoms with E-state index in [9.17, 15) is 18.4 Å². The first-order valence-corrected chi connectivity index (χ1v) is 5.55. The first kappa shape index (κ1) is 14.9. The highest BCUT2D eigenvalue weighted by Gasteiger charge is 2.15. The summed E-state index contributed by atoms with van der Waals surface area (Å²) in [5.41, 5.74) is 4.60. The van der Waals surface area contributed by atoms with Crippen molar-refractivity contribution in [1.29, 1.82) is 0 Å². The lowest BCUT2D eigenvalue weighted by Crippen LogP contribution is -2.30. The molecule has 0 spiro atoms. The molecule has 2 amide bonds. The number of anilines is 1. The van der Waals surface area contributed by atoms with E-state index in [0.717, 1.165) is 6.07 Å². The summed E-state index contributed by atoms with van der Waals surface area (Å²) in [5, 5.41) is 2.37. The predicted molar refractivity (Wildman–Crippen MR) is 66.4 cm³/mol. The van der Waals surface area contributed by atoms with Gasteiger partial charge >= 0.3 is 0 Å². The molecule has 1 rings (SSSR count). The number of hydrogen-bond acceptors (Lipinski definition) is 3. The topological polar surface area (TPSA) is 75.4 Å². The summed E-state index contributed by atoms with van der Waals surface area (Å²) in [7, 11) is 3.18. The molecule has 0 atom stereocenters. The minimum Gasteiger partial charge on any atom is -0.396 e. The van der Waals surface area contributed by atoms with Gasteiger partial charge in [-0.2, -0.15) is 0 Å². The van der Waals surface area contributed by atoms with E-state index >= 15 is 0 Å². The molecule has 0 saturated heterocycles. The van der Waals surface area contributed by atoms with Crippen molar-refractivity contribution in [3.63, 3.8) is 0 Å². The Kier molecular flexibility index (Phi) is 4.80. The van der Waals surface area contributed by atoms with Gasteiger partial charge in [0.2, 0.25) is 5.91 Å². The Labute approximate surface area is 109 Å². The highest BCUT2D eigenvalue weighted by atomic mass is 19.1. The van der Waals surface area contributed by atoms with Crippen LogP contribution in [0.1, 0.15) is 16.8 Å². The third-order valence-electron chi connectivity index (χ3n) is 2.45. The first-order chi connectivity index (χ1) is 8.82. The number of benzene rings is 1. The maximum Gasteiger partial charge on any atom is 0.254 e. The van der Waals surface area contributed by atoms with Crippen LogP contribution in [-0.4, -0.2) is 37.4 Å². The molecule has 0 saturated carbocycles. The van der Waals surface area contributed by atoms with Crippen LogP contribution in [0.3, 0.4) is 0 Å². The Morgan fingerprint density at radius 2 is 1.89 bits per heavy atom. The molecule has 0 radical (unpaired) electrons. The van der Waals surface area contributed by atoms with Crippen molar-refractivity contribution >= 4 is 17.5 Å². The summed E-state index contributed by atoms with van der Waals surface area (Å²) < 4.78 is 26.3. The van der Waals surface area contributed by atoms with Gasteiger partial charge < -0.3 is 16.0 Å². The van der Waals surface area contributed by atoms with Gasteiger partial charge in [-0.05, 0) is 6.07 Å². The Balaban J connectivity index is 2.64. The fourth-order valence-corrected chi connectivity index (χ4v) is 1.34. The molecule has 3 N–H and O–H groups in total. The maximum atomic E-state index is 13.4. The molecule has 0 heterocycles. The number of nitrogen functional groups attached to an aromatic ring is 1. The Morgan fingerprint density at radius 3 is 2.47 bits per heavy atom. The molecule has 0 aromatic heterocycles. The van der Waals surface area contributed by atoms with Crippen molar-refractivity contribution in [3.05, 3.63) is 29.3 Å². The molecular weight excluding hydrogens is 256 g/mol. The van der Waals surface area contributed by atoms with Gasteiger partial charge in [0.05, 0.1) is 11.3 Å². The second kappa shape index (κ2) is 6.12.